The average molecular weight is 385 g/mol. The van der Waals surface area contributed by atoms with Gasteiger partial charge in [0, 0.05) is 0 Å². The third-order valence-electron chi connectivity index (χ3n) is 6.20. The molecule has 1 aliphatic rings. The Morgan fingerprint density at radius 2 is 1.52 bits per heavy atom. The number of carboxylic acid groups (broad SMARTS) is 1. The first-order valence-corrected chi connectivity index (χ1v) is 10.9. The Balaban J connectivity index is 0.000000713. The van der Waals surface area contributed by atoms with E-state index in [1.807, 2.05) is 13.8 Å². The lowest BCUT2D eigenvalue weighted by atomic mass is 9.74. The largest absolute Gasteiger partial charge is 0.481 e. The molecule has 1 rings (SSSR count). The lowest BCUT2D eigenvalue weighted by molar-refractivity contribution is -0.165. The van der Waals surface area contributed by atoms with E-state index in [4.69, 9.17) is 9.84 Å². The predicted octanol–water partition coefficient (Wildman–Crippen LogP) is 6.32. The summed E-state index contributed by atoms with van der Waals surface area (Å²) >= 11 is 0. The maximum absolute atomic E-state index is 12.6. The van der Waals surface area contributed by atoms with Crippen LogP contribution in [0.2, 0.25) is 0 Å². The lowest BCUT2D eigenvalue weighted by Crippen LogP contribution is -2.38. The molecule has 0 amide bonds. The van der Waals surface area contributed by atoms with Crippen LogP contribution in [0.1, 0.15) is 100 Å². The molecule has 0 aromatic rings. The second kappa shape index (κ2) is 12.4. The van der Waals surface area contributed by atoms with Gasteiger partial charge in [-0.3, -0.25) is 9.59 Å². The summed E-state index contributed by atoms with van der Waals surface area (Å²) in [5.74, 6) is 0.334. The fourth-order valence-electron chi connectivity index (χ4n) is 2.97. The van der Waals surface area contributed by atoms with Gasteiger partial charge in [0.15, 0.2) is 0 Å². The van der Waals surface area contributed by atoms with Gasteiger partial charge in [0.05, 0.1) is 11.3 Å². The van der Waals surface area contributed by atoms with Crippen molar-refractivity contribution in [3.05, 3.63) is 0 Å². The minimum atomic E-state index is -0.708. The van der Waals surface area contributed by atoms with Crippen LogP contribution in [0.5, 0.6) is 0 Å². The molecule has 0 spiro atoms. The molecule has 4 nitrogen and oxygen atoms in total. The zero-order valence-corrected chi connectivity index (χ0v) is 19.0. The minimum absolute atomic E-state index is 0.0371. The Kier molecular flexibility index (Phi) is 11.9. The van der Waals surface area contributed by atoms with Crippen LogP contribution < -0.4 is 0 Å². The molecule has 4 heteroatoms. The van der Waals surface area contributed by atoms with Gasteiger partial charge in [-0.1, -0.05) is 54.9 Å². The van der Waals surface area contributed by atoms with Crippen molar-refractivity contribution in [2.24, 2.45) is 29.1 Å². The van der Waals surface area contributed by atoms with Crippen molar-refractivity contribution < 1.29 is 19.4 Å². The predicted molar refractivity (Wildman–Crippen MR) is 112 cm³/mol. The minimum Gasteiger partial charge on any atom is -0.481 e. The SMILES string of the molecule is CC(C)C(C)C(=O)O.CC(C)CCC(C)(C(=O)OC1CCCCC1)C(C)C. The van der Waals surface area contributed by atoms with E-state index in [0.29, 0.717) is 11.8 Å². The van der Waals surface area contributed by atoms with Crippen molar-refractivity contribution in [1.29, 1.82) is 0 Å². The molecule has 1 aliphatic carbocycles. The van der Waals surface area contributed by atoms with Crippen LogP contribution in [0.25, 0.3) is 0 Å². The number of carbonyl (C=O) groups excluding carboxylic acids is 1. The molecule has 0 aliphatic heterocycles. The van der Waals surface area contributed by atoms with Gasteiger partial charge in [0.2, 0.25) is 0 Å². The van der Waals surface area contributed by atoms with Crippen molar-refractivity contribution in [2.75, 3.05) is 0 Å². The standard InChI is InChI=1S/C17H32O2.C6H12O2/c1-13(2)11-12-17(5,14(3)4)16(18)19-15-9-7-6-8-10-15;1-4(2)5(3)6(7)8/h13-15H,6-12H2,1-5H3;4-5H,1-3H3,(H,7,8). The number of hydrogen-bond donors (Lipinski definition) is 1. The number of aliphatic carboxylic acids is 1. The van der Waals surface area contributed by atoms with Crippen LogP contribution in [0.4, 0.5) is 0 Å². The van der Waals surface area contributed by atoms with Crippen molar-refractivity contribution >= 4 is 11.9 Å². The summed E-state index contributed by atoms with van der Waals surface area (Å²) < 4.78 is 5.81. The van der Waals surface area contributed by atoms with E-state index in [1.54, 1.807) is 6.92 Å². The van der Waals surface area contributed by atoms with Gasteiger partial charge in [0.1, 0.15) is 6.10 Å². The monoisotopic (exact) mass is 384 g/mol. The summed E-state index contributed by atoms with van der Waals surface area (Å²) in [5.41, 5.74) is -0.318. The highest BCUT2D eigenvalue weighted by Crippen LogP contribution is 2.36. The Labute approximate surface area is 167 Å². The molecule has 0 saturated heterocycles. The van der Waals surface area contributed by atoms with Gasteiger partial charge in [-0.25, -0.2) is 0 Å². The van der Waals surface area contributed by atoms with Gasteiger partial charge in [-0.2, -0.15) is 0 Å². The van der Waals surface area contributed by atoms with Gasteiger partial charge in [-0.05, 0) is 63.2 Å². The van der Waals surface area contributed by atoms with Crippen LogP contribution in [-0.2, 0) is 14.3 Å². The van der Waals surface area contributed by atoms with Gasteiger partial charge >= 0.3 is 11.9 Å². The molecular weight excluding hydrogens is 340 g/mol. The summed E-state index contributed by atoms with van der Waals surface area (Å²) in [6.45, 7) is 16.3. The Morgan fingerprint density at radius 1 is 1.00 bits per heavy atom. The Bertz CT molecular complexity index is 436. The van der Waals surface area contributed by atoms with Crippen LogP contribution in [-0.4, -0.2) is 23.1 Å². The van der Waals surface area contributed by atoms with Crippen molar-refractivity contribution in [3.8, 4) is 0 Å². The van der Waals surface area contributed by atoms with Gasteiger partial charge in [0.25, 0.3) is 0 Å². The molecule has 0 radical (unpaired) electrons. The fraction of sp³-hybridized carbons (Fsp3) is 0.913. The van der Waals surface area contributed by atoms with E-state index in [1.165, 1.54) is 19.3 Å². The number of esters is 1. The van der Waals surface area contributed by atoms with Gasteiger partial charge in [-0.15, -0.1) is 0 Å². The molecule has 0 aromatic carbocycles. The molecule has 160 valence electrons. The summed E-state index contributed by atoms with van der Waals surface area (Å²) in [7, 11) is 0. The molecular formula is C23H44O4. The zero-order valence-electron chi connectivity index (χ0n) is 19.0. The van der Waals surface area contributed by atoms with E-state index in [-0.39, 0.29) is 29.3 Å². The molecule has 2 unspecified atom stereocenters. The van der Waals surface area contributed by atoms with Crippen LogP contribution in [0, 0.1) is 29.1 Å². The first kappa shape index (κ1) is 25.9. The summed E-state index contributed by atoms with van der Waals surface area (Å²) in [5, 5.41) is 8.35. The molecule has 0 heterocycles. The molecule has 0 bridgehead atoms. The van der Waals surface area contributed by atoms with Crippen molar-refractivity contribution in [3.63, 3.8) is 0 Å². The normalized spacial score (nSPS) is 18.6. The van der Waals surface area contributed by atoms with E-state index in [2.05, 4.69) is 34.6 Å². The van der Waals surface area contributed by atoms with E-state index < -0.39 is 5.97 Å². The molecule has 1 N–H and O–H groups in total. The number of carboxylic acids is 1. The van der Waals surface area contributed by atoms with Crippen molar-refractivity contribution in [1.82, 2.24) is 0 Å². The molecule has 1 fully saturated rings. The van der Waals surface area contributed by atoms with Crippen LogP contribution in [0.3, 0.4) is 0 Å². The topological polar surface area (TPSA) is 63.6 Å². The number of ether oxygens (including phenoxy) is 1. The maximum Gasteiger partial charge on any atom is 0.312 e. The van der Waals surface area contributed by atoms with E-state index >= 15 is 0 Å². The summed E-state index contributed by atoms with van der Waals surface area (Å²) in [6, 6.07) is 0. The Morgan fingerprint density at radius 3 is 1.85 bits per heavy atom. The molecule has 2 atom stereocenters. The van der Waals surface area contributed by atoms with Crippen molar-refractivity contribution in [2.45, 2.75) is 106 Å². The summed E-state index contributed by atoms with van der Waals surface area (Å²) in [4.78, 5) is 22.7. The Hall–Kier alpha value is -1.06. The molecule has 0 aromatic heterocycles. The quantitative estimate of drug-likeness (QED) is 0.497. The summed E-state index contributed by atoms with van der Waals surface area (Å²) in [6.07, 6.45) is 8.04. The second-order valence-corrected chi connectivity index (χ2v) is 9.54. The van der Waals surface area contributed by atoms with E-state index in [9.17, 15) is 9.59 Å². The number of hydrogen-bond acceptors (Lipinski definition) is 3. The van der Waals surface area contributed by atoms with Gasteiger partial charge < -0.3 is 9.84 Å². The molecule has 27 heavy (non-hydrogen) atoms. The van der Waals surface area contributed by atoms with Crippen LogP contribution >= 0.6 is 0 Å². The average Bonchev–Trinajstić information content (AvgIpc) is 2.59. The first-order chi connectivity index (χ1) is 12.4. The van der Waals surface area contributed by atoms with E-state index in [0.717, 1.165) is 25.7 Å². The molecule has 1 saturated carbocycles. The number of carbonyl (C=O) groups is 2. The second-order valence-electron chi connectivity index (χ2n) is 9.54. The zero-order chi connectivity index (χ0) is 21.2. The highest BCUT2D eigenvalue weighted by atomic mass is 16.5. The lowest BCUT2D eigenvalue weighted by Gasteiger charge is -2.34. The smallest absolute Gasteiger partial charge is 0.312 e. The third kappa shape index (κ3) is 9.62. The van der Waals surface area contributed by atoms with Crippen LogP contribution in [0.15, 0.2) is 0 Å². The highest BCUT2D eigenvalue weighted by Gasteiger charge is 2.39. The maximum atomic E-state index is 12.6. The number of rotatable bonds is 8. The fourth-order valence-corrected chi connectivity index (χ4v) is 2.97. The third-order valence-corrected chi connectivity index (χ3v) is 6.20. The highest BCUT2D eigenvalue weighted by molar-refractivity contribution is 5.76. The first-order valence-electron chi connectivity index (χ1n) is 10.9.